The van der Waals surface area contributed by atoms with E-state index in [-0.39, 0.29) is 24.1 Å². The number of allylic oxidation sites excluding steroid dienone is 4. The number of nitrogens with one attached hydrogen (secondary N) is 1. The Hall–Kier alpha value is -3.74. The second-order valence-corrected chi connectivity index (χ2v) is 8.79. The highest BCUT2D eigenvalue weighted by Crippen LogP contribution is 2.29. The molecule has 3 amide bonds. The van der Waals surface area contributed by atoms with Gasteiger partial charge in [-0.15, -0.1) is 0 Å². The number of rotatable bonds is 9. The van der Waals surface area contributed by atoms with Crippen LogP contribution in [0.5, 0.6) is 5.75 Å². The first-order chi connectivity index (χ1) is 17.1. The Bertz CT molecular complexity index is 1190. The first-order valence-corrected chi connectivity index (χ1v) is 12.2. The predicted molar refractivity (Wildman–Crippen MR) is 135 cm³/mol. The second-order valence-electron chi connectivity index (χ2n) is 8.79. The van der Waals surface area contributed by atoms with Gasteiger partial charge in [-0.1, -0.05) is 30.4 Å². The Morgan fingerprint density at radius 2 is 2.06 bits per heavy atom. The van der Waals surface area contributed by atoms with E-state index in [0.29, 0.717) is 25.1 Å². The van der Waals surface area contributed by atoms with Gasteiger partial charge in [0.15, 0.2) is 0 Å². The van der Waals surface area contributed by atoms with Crippen molar-refractivity contribution in [1.82, 2.24) is 15.2 Å². The molecular weight excluding hydrogens is 442 g/mol. The maximum absolute atomic E-state index is 13.0. The lowest BCUT2D eigenvalue weighted by Crippen LogP contribution is -2.52. The maximum atomic E-state index is 13.0. The Kier molecular flexibility index (Phi) is 8.08. The molecule has 0 bridgehead atoms. The topological polar surface area (TPSA) is 88.6 Å². The number of piperidine rings is 1. The van der Waals surface area contributed by atoms with Gasteiger partial charge in [-0.25, -0.2) is 0 Å². The number of fused-ring (bicyclic) bond motifs is 1. The van der Waals surface area contributed by atoms with E-state index < -0.39 is 6.04 Å². The van der Waals surface area contributed by atoms with Crippen LogP contribution in [0, 0.1) is 0 Å². The minimum atomic E-state index is -0.595. The van der Waals surface area contributed by atoms with E-state index in [1.165, 1.54) is 0 Å². The lowest BCUT2D eigenvalue weighted by molar-refractivity contribution is -0.142. The summed E-state index contributed by atoms with van der Waals surface area (Å²) in [6, 6.07) is 7.36. The molecule has 7 heteroatoms. The molecule has 2 saturated heterocycles. The quantitative estimate of drug-likeness (QED) is 0.334. The first kappa shape index (κ1) is 24.4. The largest absolute Gasteiger partial charge is 0.493 e. The summed E-state index contributed by atoms with van der Waals surface area (Å²) < 4.78 is 6.00. The first-order valence-electron chi connectivity index (χ1n) is 12.2. The van der Waals surface area contributed by atoms with Crippen molar-refractivity contribution in [3.8, 4) is 5.75 Å². The van der Waals surface area contributed by atoms with Crippen LogP contribution in [-0.2, 0) is 14.4 Å². The zero-order valence-electron chi connectivity index (χ0n) is 20.0. The average Bonchev–Trinajstić information content (AvgIpc) is 3.17. The van der Waals surface area contributed by atoms with Gasteiger partial charge in [-0.3, -0.25) is 24.7 Å². The summed E-state index contributed by atoms with van der Waals surface area (Å²) in [4.78, 5) is 42.6. The molecule has 2 aliphatic heterocycles. The predicted octanol–water partition coefficient (Wildman–Crippen LogP) is 4.25. The number of nitrogens with zero attached hydrogens (tertiary/aromatic N) is 2. The molecule has 4 rings (SSSR count). The number of pyridine rings is 1. The highest BCUT2D eigenvalue weighted by molar-refractivity contribution is 6.07. The van der Waals surface area contributed by atoms with Crippen LogP contribution in [0.2, 0.25) is 0 Å². The third-order valence-corrected chi connectivity index (χ3v) is 6.36. The van der Waals surface area contributed by atoms with Gasteiger partial charge in [0, 0.05) is 41.7 Å². The summed E-state index contributed by atoms with van der Waals surface area (Å²) in [6.07, 6.45) is 15.6. The monoisotopic (exact) mass is 473 g/mol. The van der Waals surface area contributed by atoms with E-state index in [1.54, 1.807) is 11.1 Å². The zero-order valence-corrected chi connectivity index (χ0v) is 20.0. The van der Waals surface area contributed by atoms with Crippen LogP contribution >= 0.6 is 0 Å². The van der Waals surface area contributed by atoms with Crippen molar-refractivity contribution in [2.45, 2.75) is 51.5 Å². The van der Waals surface area contributed by atoms with Gasteiger partial charge in [-0.2, -0.15) is 0 Å². The molecule has 7 nitrogen and oxygen atoms in total. The molecule has 1 atom stereocenters. The molecule has 3 heterocycles. The van der Waals surface area contributed by atoms with Crippen LogP contribution in [0.4, 0.5) is 0 Å². The number of unbranched alkanes of at least 4 members (excludes halogenated alkanes) is 3. The highest BCUT2D eigenvalue weighted by atomic mass is 16.5. The number of benzene rings is 1. The lowest BCUT2D eigenvalue weighted by atomic mass is 10.0. The number of hydrogen-bond donors (Lipinski definition) is 1. The average molecular weight is 474 g/mol. The fourth-order valence-corrected chi connectivity index (χ4v) is 4.51. The van der Waals surface area contributed by atoms with Crippen LogP contribution in [0.3, 0.4) is 0 Å². The summed E-state index contributed by atoms with van der Waals surface area (Å²) in [7, 11) is 0. The fraction of sp³-hybridized carbons (Fsp3) is 0.357. The normalized spacial score (nSPS) is 21.0. The number of imide groups is 1. The van der Waals surface area contributed by atoms with E-state index in [2.05, 4.69) is 16.4 Å². The number of carbonyl (C=O) groups is 3. The van der Waals surface area contributed by atoms with Gasteiger partial charge in [0.25, 0.3) is 5.91 Å². The minimum absolute atomic E-state index is 0.150. The number of hydrogen-bond acceptors (Lipinski definition) is 5. The summed E-state index contributed by atoms with van der Waals surface area (Å²) in [5.74, 6) is 0.0646. The number of likely N-dealkylation sites (tertiary alicyclic amines) is 1. The molecule has 0 aliphatic carbocycles. The molecule has 1 N–H and O–H groups in total. The number of aromatic nitrogens is 1. The Labute approximate surface area is 205 Å². The smallest absolute Gasteiger partial charge is 0.255 e. The lowest BCUT2D eigenvalue weighted by Gasteiger charge is -2.28. The van der Waals surface area contributed by atoms with Crippen LogP contribution in [0.15, 0.2) is 72.1 Å². The zero-order chi connectivity index (χ0) is 24.6. The van der Waals surface area contributed by atoms with Crippen LogP contribution < -0.4 is 10.1 Å². The number of amides is 3. The van der Waals surface area contributed by atoms with Gasteiger partial charge < -0.3 is 9.64 Å². The Morgan fingerprint density at radius 1 is 1.17 bits per heavy atom. The molecule has 0 spiro atoms. The summed E-state index contributed by atoms with van der Waals surface area (Å²) in [6.45, 7) is 2.94. The number of ether oxygens (including phenoxy) is 1. The molecule has 2 fully saturated rings. The molecule has 1 aromatic carbocycles. The van der Waals surface area contributed by atoms with Crippen molar-refractivity contribution < 1.29 is 19.1 Å². The molecule has 0 radical (unpaired) electrons. The van der Waals surface area contributed by atoms with Gasteiger partial charge in [0.05, 0.1) is 6.61 Å². The maximum Gasteiger partial charge on any atom is 0.255 e. The Balaban J connectivity index is 1.29. The van der Waals surface area contributed by atoms with Crippen molar-refractivity contribution in [2.24, 2.45) is 0 Å². The van der Waals surface area contributed by atoms with Crippen LogP contribution in [-0.4, -0.2) is 46.8 Å². The van der Waals surface area contributed by atoms with Crippen molar-refractivity contribution in [3.63, 3.8) is 0 Å². The molecule has 182 valence electrons. The van der Waals surface area contributed by atoms with Gasteiger partial charge in [0.2, 0.25) is 11.8 Å². The van der Waals surface area contributed by atoms with Crippen molar-refractivity contribution in [1.29, 1.82) is 0 Å². The highest BCUT2D eigenvalue weighted by Gasteiger charge is 2.40. The van der Waals surface area contributed by atoms with Crippen LogP contribution in [0.25, 0.3) is 10.8 Å². The van der Waals surface area contributed by atoms with Crippen molar-refractivity contribution >= 4 is 28.5 Å². The van der Waals surface area contributed by atoms with Crippen molar-refractivity contribution in [2.75, 3.05) is 13.2 Å². The SMILES string of the molecule is C\C=C/C=C1/C(=O)N(C2CCC(=O)NC2=O)C/C1=C\CCCCCOc1cccc2cnccc12. The van der Waals surface area contributed by atoms with Gasteiger partial charge in [0.1, 0.15) is 11.8 Å². The molecule has 1 unspecified atom stereocenters. The van der Waals surface area contributed by atoms with Crippen molar-refractivity contribution in [3.05, 3.63) is 72.1 Å². The molecular formula is C28H31N3O4. The Morgan fingerprint density at radius 3 is 2.89 bits per heavy atom. The summed E-state index contributed by atoms with van der Waals surface area (Å²) >= 11 is 0. The molecule has 2 aromatic rings. The fourth-order valence-electron chi connectivity index (χ4n) is 4.51. The summed E-state index contributed by atoms with van der Waals surface area (Å²) in [5, 5.41) is 4.49. The van der Waals surface area contributed by atoms with E-state index in [1.807, 2.05) is 55.6 Å². The molecule has 35 heavy (non-hydrogen) atoms. The standard InChI is InChI=1S/C28H31N3O4/c1-2-3-11-23-21(19-31(28(23)34)24-13-14-26(32)30-27(24)33)9-6-4-5-7-17-35-25-12-8-10-20-18-29-16-15-22(20)25/h2-3,8-12,15-16,18,24H,4-7,13-14,17,19H2,1H3,(H,30,32,33)/b3-2-,21-9+,23-11+. The third kappa shape index (κ3) is 5.85. The molecule has 0 saturated carbocycles. The number of carbonyl (C=O) groups excluding carboxylic acids is 3. The molecule has 2 aliphatic rings. The van der Waals surface area contributed by atoms with Crippen LogP contribution in [0.1, 0.15) is 45.4 Å². The van der Waals surface area contributed by atoms with E-state index in [4.69, 9.17) is 4.74 Å². The third-order valence-electron chi connectivity index (χ3n) is 6.36. The minimum Gasteiger partial charge on any atom is -0.493 e. The summed E-state index contributed by atoms with van der Waals surface area (Å²) in [5.41, 5.74) is 1.57. The van der Waals surface area contributed by atoms with E-state index in [0.717, 1.165) is 47.8 Å². The van der Waals surface area contributed by atoms with E-state index in [9.17, 15) is 14.4 Å². The molecule has 1 aromatic heterocycles. The van der Waals surface area contributed by atoms with Gasteiger partial charge in [-0.05, 0) is 62.8 Å². The van der Waals surface area contributed by atoms with E-state index >= 15 is 0 Å². The van der Waals surface area contributed by atoms with Gasteiger partial charge >= 0.3 is 0 Å². The second kappa shape index (κ2) is 11.6.